The van der Waals surface area contributed by atoms with Gasteiger partial charge in [0.05, 0.1) is 18.8 Å². The van der Waals surface area contributed by atoms with E-state index in [0.717, 1.165) is 30.4 Å². The summed E-state index contributed by atoms with van der Waals surface area (Å²) in [7, 11) is 0. The van der Waals surface area contributed by atoms with Gasteiger partial charge in [-0.25, -0.2) is 0 Å². The van der Waals surface area contributed by atoms with Crippen LogP contribution in [0.2, 0.25) is 0 Å². The first-order chi connectivity index (χ1) is 8.85. The van der Waals surface area contributed by atoms with Crippen LogP contribution in [0.5, 0.6) is 11.5 Å². The van der Waals surface area contributed by atoms with Crippen molar-refractivity contribution in [2.75, 3.05) is 12.5 Å². The smallest absolute Gasteiger partial charge is 0.131 e. The quantitative estimate of drug-likeness (QED) is 0.450. The molecule has 4 heteroatoms. The number of benzene rings is 1. The van der Waals surface area contributed by atoms with Crippen molar-refractivity contribution in [1.29, 1.82) is 0 Å². The van der Waals surface area contributed by atoms with Gasteiger partial charge in [-0.15, -0.1) is 11.6 Å². The summed E-state index contributed by atoms with van der Waals surface area (Å²) < 4.78 is 11.0. The summed E-state index contributed by atoms with van der Waals surface area (Å²) in [4.78, 5) is 11.0. The minimum absolute atomic E-state index is 0.250. The lowest BCUT2D eigenvalue weighted by Gasteiger charge is -2.17. The second-order valence-corrected chi connectivity index (χ2v) is 4.43. The van der Waals surface area contributed by atoms with E-state index in [0.29, 0.717) is 18.2 Å². The molecule has 1 aromatic carbocycles. The number of carbonyl (C=O) groups is 1. The van der Waals surface area contributed by atoms with Gasteiger partial charge >= 0.3 is 0 Å². The van der Waals surface area contributed by atoms with Crippen LogP contribution >= 0.6 is 11.6 Å². The van der Waals surface area contributed by atoms with E-state index >= 15 is 0 Å². The zero-order valence-electron chi connectivity index (χ0n) is 9.97. The number of hydrogen-bond acceptors (Lipinski definition) is 3. The normalized spacial score (nSPS) is 16.8. The van der Waals surface area contributed by atoms with Gasteiger partial charge in [0.25, 0.3) is 0 Å². The van der Waals surface area contributed by atoms with E-state index in [1.54, 1.807) is 12.3 Å². The second-order valence-electron chi connectivity index (χ2n) is 4.05. The van der Waals surface area contributed by atoms with Crippen LogP contribution in [-0.2, 0) is 4.79 Å². The average molecular weight is 267 g/mol. The van der Waals surface area contributed by atoms with Gasteiger partial charge in [-0.05, 0) is 37.1 Å². The van der Waals surface area contributed by atoms with Crippen molar-refractivity contribution in [2.24, 2.45) is 0 Å². The van der Waals surface area contributed by atoms with E-state index in [9.17, 15) is 4.79 Å². The number of allylic oxidation sites excluding steroid dienone is 1. The Morgan fingerprint density at radius 1 is 1.39 bits per heavy atom. The van der Waals surface area contributed by atoms with Crippen molar-refractivity contribution in [2.45, 2.75) is 18.8 Å². The van der Waals surface area contributed by atoms with Crippen molar-refractivity contribution in [3.63, 3.8) is 0 Å². The first kappa shape index (κ1) is 13.0. The number of ether oxygens (including phenoxy) is 2. The van der Waals surface area contributed by atoms with E-state index in [-0.39, 0.29) is 5.92 Å². The minimum atomic E-state index is -0.250. The molecule has 0 saturated heterocycles. The molecule has 1 atom stereocenters. The monoisotopic (exact) mass is 266 g/mol. The maximum atomic E-state index is 11.0. The van der Waals surface area contributed by atoms with Crippen molar-refractivity contribution < 1.29 is 14.3 Å². The Bertz CT molecular complexity index is 443. The molecule has 2 rings (SSSR count). The summed E-state index contributed by atoms with van der Waals surface area (Å²) in [5.74, 6) is 1.87. The summed E-state index contributed by atoms with van der Waals surface area (Å²) in [6.07, 6.45) is 6.04. The largest absolute Gasteiger partial charge is 0.494 e. The minimum Gasteiger partial charge on any atom is -0.494 e. The summed E-state index contributed by atoms with van der Waals surface area (Å²) in [5.41, 5.74) is 0.849. The first-order valence-corrected chi connectivity index (χ1v) is 6.50. The molecule has 0 aromatic heterocycles. The highest BCUT2D eigenvalue weighted by atomic mass is 35.5. The molecule has 0 fully saturated rings. The summed E-state index contributed by atoms with van der Waals surface area (Å²) in [6, 6.07) is 5.53. The van der Waals surface area contributed by atoms with Gasteiger partial charge < -0.3 is 14.3 Å². The number of hydrogen-bond donors (Lipinski definition) is 0. The van der Waals surface area contributed by atoms with Crippen LogP contribution in [0.25, 0.3) is 0 Å². The predicted octanol–water partition coefficient (Wildman–Crippen LogP) is 3.27. The molecule has 1 heterocycles. The second kappa shape index (κ2) is 6.45. The van der Waals surface area contributed by atoms with Crippen LogP contribution in [0.3, 0.4) is 0 Å². The van der Waals surface area contributed by atoms with E-state index in [1.807, 2.05) is 18.2 Å². The molecule has 18 heavy (non-hydrogen) atoms. The molecule has 0 aliphatic carbocycles. The zero-order chi connectivity index (χ0) is 12.8. The van der Waals surface area contributed by atoms with E-state index < -0.39 is 0 Å². The van der Waals surface area contributed by atoms with Crippen LogP contribution in [-0.4, -0.2) is 18.8 Å². The van der Waals surface area contributed by atoms with E-state index in [4.69, 9.17) is 21.1 Å². The zero-order valence-corrected chi connectivity index (χ0v) is 10.7. The van der Waals surface area contributed by atoms with Crippen molar-refractivity contribution >= 4 is 17.9 Å². The fourth-order valence-electron chi connectivity index (χ4n) is 1.79. The Labute approximate surface area is 111 Å². The lowest BCUT2D eigenvalue weighted by Crippen LogP contribution is -2.06. The summed E-state index contributed by atoms with van der Waals surface area (Å²) in [6.45, 7) is 0.633. The van der Waals surface area contributed by atoms with E-state index in [1.165, 1.54) is 0 Å². The fourth-order valence-corrected chi connectivity index (χ4v) is 1.98. The van der Waals surface area contributed by atoms with Crippen LogP contribution in [0.1, 0.15) is 24.3 Å². The van der Waals surface area contributed by atoms with Gasteiger partial charge in [0.15, 0.2) is 0 Å². The van der Waals surface area contributed by atoms with Gasteiger partial charge in [0.1, 0.15) is 17.8 Å². The number of unbranched alkanes of at least 4 members (excludes halogenated alkanes) is 1. The average Bonchev–Trinajstić information content (AvgIpc) is 2.43. The Kier molecular flexibility index (Phi) is 4.65. The van der Waals surface area contributed by atoms with Gasteiger partial charge in [-0.3, -0.25) is 0 Å². The number of fused-ring (bicyclic) bond motifs is 1. The molecule has 0 N–H and O–H groups in total. The van der Waals surface area contributed by atoms with Crippen molar-refractivity contribution in [1.82, 2.24) is 0 Å². The first-order valence-electron chi connectivity index (χ1n) is 5.96. The van der Waals surface area contributed by atoms with Gasteiger partial charge in [0, 0.05) is 11.4 Å². The molecule has 1 aliphatic rings. The summed E-state index contributed by atoms with van der Waals surface area (Å²) >= 11 is 5.60. The van der Waals surface area contributed by atoms with Crippen LogP contribution in [0.4, 0.5) is 0 Å². The van der Waals surface area contributed by atoms with Gasteiger partial charge in [-0.2, -0.15) is 0 Å². The highest BCUT2D eigenvalue weighted by Crippen LogP contribution is 2.33. The topological polar surface area (TPSA) is 35.5 Å². The Morgan fingerprint density at radius 2 is 2.28 bits per heavy atom. The standard InChI is InChI=1S/C14H15ClO3/c15-6-1-2-7-17-12-3-4-14-13(9-12)11(10-16)5-8-18-14/h3-5,8-11H,1-2,6-7H2. The fraction of sp³-hybridized carbons (Fsp3) is 0.357. The summed E-state index contributed by atoms with van der Waals surface area (Å²) in [5, 5.41) is 0. The molecule has 0 saturated carbocycles. The molecule has 0 radical (unpaired) electrons. The Hall–Kier alpha value is -1.48. The van der Waals surface area contributed by atoms with Gasteiger partial charge in [0.2, 0.25) is 0 Å². The lowest BCUT2D eigenvalue weighted by molar-refractivity contribution is -0.108. The SMILES string of the molecule is O=CC1C=COc2ccc(OCCCCCl)cc21. The Morgan fingerprint density at radius 3 is 3.06 bits per heavy atom. The molecule has 1 aromatic rings. The third-order valence-corrected chi connectivity index (χ3v) is 3.03. The molecule has 1 unspecified atom stereocenters. The molecule has 3 nitrogen and oxygen atoms in total. The number of aldehydes is 1. The van der Waals surface area contributed by atoms with Crippen molar-refractivity contribution in [3.8, 4) is 11.5 Å². The molecule has 96 valence electrons. The number of halogens is 1. The third-order valence-electron chi connectivity index (χ3n) is 2.76. The molecule has 0 spiro atoms. The lowest BCUT2D eigenvalue weighted by atomic mass is 9.98. The molecule has 0 amide bonds. The number of carbonyl (C=O) groups excluding carboxylic acids is 1. The van der Waals surface area contributed by atoms with Gasteiger partial charge in [-0.1, -0.05) is 0 Å². The third kappa shape index (κ3) is 3.05. The molecule has 1 aliphatic heterocycles. The van der Waals surface area contributed by atoms with Crippen LogP contribution in [0.15, 0.2) is 30.5 Å². The molecular formula is C14H15ClO3. The van der Waals surface area contributed by atoms with Crippen LogP contribution in [0, 0.1) is 0 Å². The maximum Gasteiger partial charge on any atom is 0.131 e. The van der Waals surface area contributed by atoms with Crippen molar-refractivity contribution in [3.05, 3.63) is 36.1 Å². The molecular weight excluding hydrogens is 252 g/mol. The number of alkyl halides is 1. The Balaban J connectivity index is 2.04. The highest BCUT2D eigenvalue weighted by molar-refractivity contribution is 6.17. The van der Waals surface area contributed by atoms with E-state index in [2.05, 4.69) is 0 Å². The predicted molar refractivity (Wildman–Crippen MR) is 70.5 cm³/mol. The molecule has 0 bridgehead atoms. The van der Waals surface area contributed by atoms with Crippen LogP contribution < -0.4 is 9.47 Å². The number of rotatable bonds is 6. The maximum absolute atomic E-state index is 11.0. The highest BCUT2D eigenvalue weighted by Gasteiger charge is 2.17.